The van der Waals surface area contributed by atoms with Crippen molar-refractivity contribution in [3.8, 4) is 0 Å². The first-order valence-electron chi connectivity index (χ1n) is 4.83. The molecule has 2 unspecified atom stereocenters. The monoisotopic (exact) mass is 185 g/mol. The summed E-state index contributed by atoms with van der Waals surface area (Å²) >= 11 is 0. The zero-order chi connectivity index (χ0) is 10.1. The van der Waals surface area contributed by atoms with Crippen LogP contribution in [0.5, 0.6) is 0 Å². The van der Waals surface area contributed by atoms with Gasteiger partial charge in [0.05, 0.1) is 18.6 Å². The molecule has 1 heterocycles. The van der Waals surface area contributed by atoms with Crippen LogP contribution in [0.4, 0.5) is 0 Å². The molecule has 0 amide bonds. The molecule has 2 atom stereocenters. The summed E-state index contributed by atoms with van der Waals surface area (Å²) in [6.07, 6.45) is 0.605. The van der Waals surface area contributed by atoms with E-state index in [1.807, 2.05) is 20.8 Å². The maximum absolute atomic E-state index is 11.8. The first kappa shape index (κ1) is 10.7. The van der Waals surface area contributed by atoms with Crippen molar-refractivity contribution in [2.45, 2.75) is 33.2 Å². The molecule has 0 saturated carbocycles. The molecular weight excluding hydrogens is 166 g/mol. The van der Waals surface area contributed by atoms with Crippen LogP contribution < -0.4 is 5.73 Å². The van der Waals surface area contributed by atoms with E-state index in [0.29, 0.717) is 25.6 Å². The molecule has 0 aromatic rings. The van der Waals surface area contributed by atoms with Crippen LogP contribution in [0, 0.1) is 11.3 Å². The predicted octanol–water partition coefficient (Wildman–Crippen LogP) is 0.965. The van der Waals surface area contributed by atoms with E-state index in [-0.39, 0.29) is 11.8 Å². The minimum absolute atomic E-state index is 0.126. The molecule has 1 rings (SSSR count). The number of hydrogen-bond acceptors (Lipinski definition) is 3. The van der Waals surface area contributed by atoms with Gasteiger partial charge in [0.25, 0.3) is 0 Å². The Kier molecular flexibility index (Phi) is 3.09. The van der Waals surface area contributed by atoms with Gasteiger partial charge in [0.2, 0.25) is 0 Å². The van der Waals surface area contributed by atoms with Crippen LogP contribution in [0.1, 0.15) is 27.2 Å². The average molecular weight is 185 g/mol. The fourth-order valence-electron chi connectivity index (χ4n) is 1.58. The Morgan fingerprint density at radius 3 is 2.69 bits per heavy atom. The number of rotatable bonds is 3. The van der Waals surface area contributed by atoms with E-state index < -0.39 is 5.41 Å². The van der Waals surface area contributed by atoms with E-state index in [9.17, 15) is 4.79 Å². The molecule has 13 heavy (non-hydrogen) atoms. The van der Waals surface area contributed by atoms with E-state index >= 15 is 0 Å². The lowest BCUT2D eigenvalue weighted by molar-refractivity contribution is -0.129. The van der Waals surface area contributed by atoms with E-state index in [0.717, 1.165) is 0 Å². The molecule has 1 saturated heterocycles. The van der Waals surface area contributed by atoms with E-state index in [2.05, 4.69) is 0 Å². The van der Waals surface area contributed by atoms with Crippen molar-refractivity contribution in [2.24, 2.45) is 17.1 Å². The van der Waals surface area contributed by atoms with Crippen molar-refractivity contribution >= 4 is 5.78 Å². The number of nitrogens with two attached hydrogens (primary N) is 1. The summed E-state index contributed by atoms with van der Waals surface area (Å²) < 4.78 is 5.23. The first-order chi connectivity index (χ1) is 5.97. The molecule has 0 aliphatic carbocycles. The van der Waals surface area contributed by atoms with Crippen molar-refractivity contribution in [3.05, 3.63) is 0 Å². The van der Waals surface area contributed by atoms with Crippen LogP contribution in [-0.2, 0) is 9.53 Å². The highest BCUT2D eigenvalue weighted by Crippen LogP contribution is 2.30. The Morgan fingerprint density at radius 1 is 1.69 bits per heavy atom. The lowest BCUT2D eigenvalue weighted by Crippen LogP contribution is -2.44. The quantitative estimate of drug-likeness (QED) is 0.712. The van der Waals surface area contributed by atoms with Gasteiger partial charge in [-0.3, -0.25) is 4.79 Å². The highest BCUT2D eigenvalue weighted by molar-refractivity contribution is 5.85. The molecule has 3 heteroatoms. The fourth-order valence-corrected chi connectivity index (χ4v) is 1.58. The van der Waals surface area contributed by atoms with Gasteiger partial charge in [0.15, 0.2) is 0 Å². The summed E-state index contributed by atoms with van der Waals surface area (Å²) in [6.45, 7) is 7.00. The normalized spacial score (nSPS) is 34.1. The molecular formula is C10H19NO2. The van der Waals surface area contributed by atoms with Crippen LogP contribution in [0.15, 0.2) is 0 Å². The Morgan fingerprint density at radius 2 is 2.31 bits per heavy atom. The van der Waals surface area contributed by atoms with Gasteiger partial charge in [-0.05, 0) is 12.8 Å². The Balaban J connectivity index is 2.63. The van der Waals surface area contributed by atoms with Gasteiger partial charge in [-0.1, -0.05) is 13.8 Å². The van der Waals surface area contributed by atoms with Crippen LogP contribution in [0.25, 0.3) is 0 Å². The zero-order valence-corrected chi connectivity index (χ0v) is 8.67. The molecule has 0 radical (unpaired) electrons. The molecule has 1 fully saturated rings. The summed E-state index contributed by atoms with van der Waals surface area (Å²) in [7, 11) is 0. The van der Waals surface area contributed by atoms with E-state index in [4.69, 9.17) is 10.5 Å². The summed E-state index contributed by atoms with van der Waals surface area (Å²) in [5.74, 6) is 0.643. The lowest BCUT2D eigenvalue weighted by Gasteiger charge is -2.25. The molecule has 1 aliphatic heterocycles. The summed E-state index contributed by atoms with van der Waals surface area (Å²) in [5.41, 5.74) is 5.40. The SMILES string of the molecule is CC(C)CC(=O)C1(C)COCC1N. The number of carbonyl (C=O) groups excluding carboxylic acids is 1. The number of carbonyl (C=O) groups is 1. The number of Topliss-reactive ketones (excluding diaryl/α,β-unsaturated/α-hetero) is 1. The summed E-state index contributed by atoms with van der Waals surface area (Å²) in [4.78, 5) is 11.8. The minimum Gasteiger partial charge on any atom is -0.379 e. The lowest BCUT2D eigenvalue weighted by atomic mass is 9.78. The minimum atomic E-state index is -0.440. The molecule has 2 N–H and O–H groups in total. The Bertz CT molecular complexity index is 203. The zero-order valence-electron chi connectivity index (χ0n) is 8.67. The summed E-state index contributed by atoms with van der Waals surface area (Å²) in [6, 6.07) is -0.126. The van der Waals surface area contributed by atoms with Gasteiger partial charge >= 0.3 is 0 Å². The third-order valence-electron chi connectivity index (χ3n) is 2.75. The number of hydrogen-bond donors (Lipinski definition) is 1. The average Bonchev–Trinajstić information content (AvgIpc) is 2.32. The van der Waals surface area contributed by atoms with Crippen molar-refractivity contribution < 1.29 is 9.53 Å². The molecule has 0 aromatic carbocycles. The van der Waals surface area contributed by atoms with E-state index in [1.54, 1.807) is 0 Å². The van der Waals surface area contributed by atoms with Crippen molar-refractivity contribution in [3.63, 3.8) is 0 Å². The van der Waals surface area contributed by atoms with Crippen molar-refractivity contribution in [1.82, 2.24) is 0 Å². The number of ketones is 1. The van der Waals surface area contributed by atoms with Crippen LogP contribution in [-0.4, -0.2) is 25.0 Å². The fraction of sp³-hybridized carbons (Fsp3) is 0.900. The molecule has 0 bridgehead atoms. The second kappa shape index (κ2) is 3.76. The first-order valence-corrected chi connectivity index (χ1v) is 4.83. The Hall–Kier alpha value is -0.410. The smallest absolute Gasteiger partial charge is 0.142 e. The van der Waals surface area contributed by atoms with Gasteiger partial charge in [-0.2, -0.15) is 0 Å². The maximum atomic E-state index is 11.8. The van der Waals surface area contributed by atoms with Gasteiger partial charge in [0.1, 0.15) is 5.78 Å². The largest absolute Gasteiger partial charge is 0.379 e. The topological polar surface area (TPSA) is 52.3 Å². The van der Waals surface area contributed by atoms with E-state index in [1.165, 1.54) is 0 Å². The molecule has 3 nitrogen and oxygen atoms in total. The van der Waals surface area contributed by atoms with Gasteiger partial charge in [0, 0.05) is 12.5 Å². The van der Waals surface area contributed by atoms with Crippen LogP contribution in [0.3, 0.4) is 0 Å². The standard InChI is InChI=1S/C10H19NO2/c1-7(2)4-9(12)10(3)6-13-5-8(10)11/h7-8H,4-6,11H2,1-3H3. The van der Waals surface area contributed by atoms with Crippen LogP contribution in [0.2, 0.25) is 0 Å². The molecule has 0 aromatic heterocycles. The molecule has 0 spiro atoms. The second-order valence-corrected chi connectivity index (χ2v) is 4.56. The van der Waals surface area contributed by atoms with Gasteiger partial charge in [-0.25, -0.2) is 0 Å². The predicted molar refractivity (Wildman–Crippen MR) is 51.4 cm³/mol. The maximum Gasteiger partial charge on any atom is 0.142 e. The van der Waals surface area contributed by atoms with Crippen LogP contribution >= 0.6 is 0 Å². The highest BCUT2D eigenvalue weighted by Gasteiger charge is 2.43. The van der Waals surface area contributed by atoms with Gasteiger partial charge in [-0.15, -0.1) is 0 Å². The third kappa shape index (κ3) is 2.09. The summed E-state index contributed by atoms with van der Waals surface area (Å²) in [5, 5.41) is 0. The Labute approximate surface area is 79.6 Å². The molecule has 76 valence electrons. The van der Waals surface area contributed by atoms with Gasteiger partial charge < -0.3 is 10.5 Å². The third-order valence-corrected chi connectivity index (χ3v) is 2.75. The van der Waals surface area contributed by atoms with Crippen molar-refractivity contribution in [1.29, 1.82) is 0 Å². The number of ether oxygens (including phenoxy) is 1. The highest BCUT2D eigenvalue weighted by atomic mass is 16.5. The van der Waals surface area contributed by atoms with Crippen molar-refractivity contribution in [2.75, 3.05) is 13.2 Å². The second-order valence-electron chi connectivity index (χ2n) is 4.56. The molecule has 1 aliphatic rings.